The molecule has 76 valence electrons. The molecule has 0 saturated heterocycles. The summed E-state index contributed by atoms with van der Waals surface area (Å²) in [5.74, 6) is 1.92. The SMILES string of the molecule is Nc1cccc(NCC2CC(O)C2)n1. The van der Waals surface area contributed by atoms with Gasteiger partial charge in [-0.05, 0) is 30.9 Å². The summed E-state index contributed by atoms with van der Waals surface area (Å²) in [6, 6.07) is 5.53. The molecule has 1 saturated carbocycles. The van der Waals surface area contributed by atoms with Gasteiger partial charge in [0.25, 0.3) is 0 Å². The lowest BCUT2D eigenvalue weighted by Crippen LogP contribution is -2.33. The highest BCUT2D eigenvalue weighted by atomic mass is 16.3. The number of nitrogens with zero attached hydrogens (tertiary/aromatic N) is 1. The normalized spacial score (nSPS) is 25.5. The molecule has 14 heavy (non-hydrogen) atoms. The first-order chi connectivity index (χ1) is 6.74. The van der Waals surface area contributed by atoms with E-state index in [0.29, 0.717) is 11.7 Å². The van der Waals surface area contributed by atoms with Crippen LogP contribution in [-0.2, 0) is 0 Å². The first kappa shape index (κ1) is 9.27. The molecule has 1 aromatic heterocycles. The van der Waals surface area contributed by atoms with E-state index in [-0.39, 0.29) is 6.10 Å². The predicted molar refractivity (Wildman–Crippen MR) is 55.9 cm³/mol. The van der Waals surface area contributed by atoms with Crippen LogP contribution in [0, 0.1) is 5.92 Å². The Morgan fingerprint density at radius 2 is 2.29 bits per heavy atom. The van der Waals surface area contributed by atoms with Crippen molar-refractivity contribution in [3.05, 3.63) is 18.2 Å². The van der Waals surface area contributed by atoms with Crippen LogP contribution in [0.1, 0.15) is 12.8 Å². The maximum atomic E-state index is 9.10. The number of aliphatic hydroxyl groups is 1. The van der Waals surface area contributed by atoms with E-state index in [4.69, 9.17) is 10.8 Å². The topological polar surface area (TPSA) is 71.2 Å². The smallest absolute Gasteiger partial charge is 0.128 e. The summed E-state index contributed by atoms with van der Waals surface area (Å²) in [5.41, 5.74) is 5.54. The molecule has 0 spiro atoms. The lowest BCUT2D eigenvalue weighted by atomic mass is 9.82. The van der Waals surface area contributed by atoms with Crippen LogP contribution in [0.2, 0.25) is 0 Å². The van der Waals surface area contributed by atoms with Gasteiger partial charge in [0.05, 0.1) is 6.10 Å². The fourth-order valence-corrected chi connectivity index (χ4v) is 1.67. The van der Waals surface area contributed by atoms with Gasteiger partial charge in [-0.25, -0.2) is 4.98 Å². The number of aromatic nitrogens is 1. The van der Waals surface area contributed by atoms with Gasteiger partial charge in [-0.15, -0.1) is 0 Å². The molecule has 1 aromatic rings. The Morgan fingerprint density at radius 3 is 2.93 bits per heavy atom. The zero-order valence-corrected chi connectivity index (χ0v) is 7.98. The standard InChI is InChI=1S/C10H15N3O/c11-9-2-1-3-10(13-9)12-6-7-4-8(14)5-7/h1-3,7-8,14H,4-6H2,(H3,11,12,13). The molecule has 4 heteroatoms. The second-order valence-corrected chi connectivity index (χ2v) is 3.82. The van der Waals surface area contributed by atoms with E-state index in [0.717, 1.165) is 25.2 Å². The summed E-state index contributed by atoms with van der Waals surface area (Å²) in [7, 11) is 0. The van der Waals surface area contributed by atoms with Gasteiger partial charge >= 0.3 is 0 Å². The van der Waals surface area contributed by atoms with E-state index >= 15 is 0 Å². The molecule has 0 radical (unpaired) electrons. The van der Waals surface area contributed by atoms with Crippen molar-refractivity contribution in [2.45, 2.75) is 18.9 Å². The average molecular weight is 193 g/mol. The van der Waals surface area contributed by atoms with Crippen LogP contribution in [-0.4, -0.2) is 22.7 Å². The monoisotopic (exact) mass is 193 g/mol. The van der Waals surface area contributed by atoms with E-state index < -0.39 is 0 Å². The maximum absolute atomic E-state index is 9.10. The van der Waals surface area contributed by atoms with Gasteiger partial charge in [-0.3, -0.25) is 0 Å². The minimum atomic E-state index is -0.0874. The van der Waals surface area contributed by atoms with Crippen LogP contribution in [0.4, 0.5) is 11.6 Å². The number of nitrogens with one attached hydrogen (secondary N) is 1. The first-order valence-electron chi connectivity index (χ1n) is 4.88. The van der Waals surface area contributed by atoms with Crippen molar-refractivity contribution in [3.63, 3.8) is 0 Å². The van der Waals surface area contributed by atoms with Gasteiger partial charge in [0.2, 0.25) is 0 Å². The highest BCUT2D eigenvalue weighted by Gasteiger charge is 2.26. The number of hydrogen-bond donors (Lipinski definition) is 3. The van der Waals surface area contributed by atoms with Crippen LogP contribution < -0.4 is 11.1 Å². The summed E-state index contributed by atoms with van der Waals surface area (Å²) in [5, 5.41) is 12.3. The van der Waals surface area contributed by atoms with Crippen molar-refractivity contribution >= 4 is 11.6 Å². The maximum Gasteiger partial charge on any atom is 0.128 e. The molecule has 1 aliphatic rings. The van der Waals surface area contributed by atoms with Gasteiger partial charge < -0.3 is 16.2 Å². The van der Waals surface area contributed by atoms with E-state index in [9.17, 15) is 0 Å². The molecule has 0 aliphatic heterocycles. The summed E-state index contributed by atoms with van der Waals surface area (Å²) in [4.78, 5) is 4.13. The third-order valence-electron chi connectivity index (χ3n) is 2.55. The van der Waals surface area contributed by atoms with Crippen molar-refractivity contribution in [2.75, 3.05) is 17.6 Å². The first-order valence-corrected chi connectivity index (χ1v) is 4.88. The van der Waals surface area contributed by atoms with Crippen LogP contribution in [0.3, 0.4) is 0 Å². The molecule has 1 fully saturated rings. The third-order valence-corrected chi connectivity index (χ3v) is 2.55. The van der Waals surface area contributed by atoms with Crippen LogP contribution in [0.15, 0.2) is 18.2 Å². The molecular weight excluding hydrogens is 178 g/mol. The predicted octanol–water partition coefficient (Wildman–Crippen LogP) is 0.847. The highest BCUT2D eigenvalue weighted by Crippen LogP contribution is 2.27. The average Bonchev–Trinajstić information content (AvgIpc) is 2.11. The Balaban J connectivity index is 1.80. The Bertz CT molecular complexity index is 310. The molecule has 2 rings (SSSR count). The second kappa shape index (κ2) is 3.84. The molecule has 1 heterocycles. The van der Waals surface area contributed by atoms with E-state index in [1.807, 2.05) is 12.1 Å². The minimum Gasteiger partial charge on any atom is -0.393 e. The summed E-state index contributed by atoms with van der Waals surface area (Å²) >= 11 is 0. The van der Waals surface area contributed by atoms with Gasteiger partial charge in [0.15, 0.2) is 0 Å². The van der Waals surface area contributed by atoms with Crippen LogP contribution >= 0.6 is 0 Å². The zero-order chi connectivity index (χ0) is 9.97. The van der Waals surface area contributed by atoms with E-state index in [2.05, 4.69) is 10.3 Å². The summed E-state index contributed by atoms with van der Waals surface area (Å²) in [6.07, 6.45) is 1.71. The fourth-order valence-electron chi connectivity index (χ4n) is 1.67. The lowest BCUT2D eigenvalue weighted by Gasteiger charge is -2.31. The van der Waals surface area contributed by atoms with E-state index in [1.54, 1.807) is 6.07 Å². The number of anilines is 2. The summed E-state index contributed by atoms with van der Waals surface area (Å²) in [6.45, 7) is 0.869. The van der Waals surface area contributed by atoms with Crippen molar-refractivity contribution in [2.24, 2.45) is 5.92 Å². The number of rotatable bonds is 3. The van der Waals surface area contributed by atoms with Crippen molar-refractivity contribution in [3.8, 4) is 0 Å². The third kappa shape index (κ3) is 2.14. The molecular formula is C10H15N3O. The second-order valence-electron chi connectivity index (χ2n) is 3.82. The molecule has 4 nitrogen and oxygen atoms in total. The van der Waals surface area contributed by atoms with E-state index in [1.165, 1.54) is 0 Å². The molecule has 0 amide bonds. The zero-order valence-electron chi connectivity index (χ0n) is 7.98. The van der Waals surface area contributed by atoms with Gasteiger partial charge in [-0.2, -0.15) is 0 Å². The highest BCUT2D eigenvalue weighted by molar-refractivity contribution is 5.42. The van der Waals surface area contributed by atoms with Crippen molar-refractivity contribution in [1.29, 1.82) is 0 Å². The minimum absolute atomic E-state index is 0.0874. The number of nitrogen functional groups attached to an aromatic ring is 1. The molecule has 0 aromatic carbocycles. The van der Waals surface area contributed by atoms with Crippen molar-refractivity contribution < 1.29 is 5.11 Å². The lowest BCUT2D eigenvalue weighted by molar-refractivity contribution is 0.0486. The number of nitrogens with two attached hydrogens (primary N) is 1. The van der Waals surface area contributed by atoms with Gasteiger partial charge in [0, 0.05) is 6.54 Å². The van der Waals surface area contributed by atoms with Crippen LogP contribution in [0.25, 0.3) is 0 Å². The number of pyridine rings is 1. The van der Waals surface area contributed by atoms with Crippen LogP contribution in [0.5, 0.6) is 0 Å². The largest absolute Gasteiger partial charge is 0.393 e. The van der Waals surface area contributed by atoms with Gasteiger partial charge in [-0.1, -0.05) is 6.07 Å². The van der Waals surface area contributed by atoms with Gasteiger partial charge in [0.1, 0.15) is 11.6 Å². The molecule has 0 bridgehead atoms. The fraction of sp³-hybridized carbons (Fsp3) is 0.500. The Kier molecular flexibility index (Phi) is 2.54. The Labute approximate surface area is 83.2 Å². The number of hydrogen-bond acceptors (Lipinski definition) is 4. The number of aliphatic hydroxyl groups excluding tert-OH is 1. The molecule has 4 N–H and O–H groups in total. The quantitative estimate of drug-likeness (QED) is 0.665. The molecule has 0 atom stereocenters. The Hall–Kier alpha value is -1.29. The molecule has 0 unspecified atom stereocenters. The molecule has 1 aliphatic carbocycles. The van der Waals surface area contributed by atoms with Crippen molar-refractivity contribution in [1.82, 2.24) is 4.98 Å². The Morgan fingerprint density at radius 1 is 1.50 bits per heavy atom. The summed E-state index contributed by atoms with van der Waals surface area (Å²) < 4.78 is 0.